The molecule has 0 aliphatic rings. The van der Waals surface area contributed by atoms with E-state index in [0.29, 0.717) is 10.0 Å². The van der Waals surface area contributed by atoms with Gasteiger partial charge in [0.1, 0.15) is 5.69 Å². The van der Waals surface area contributed by atoms with Gasteiger partial charge < -0.3 is 15.0 Å². The zero-order valence-electron chi connectivity index (χ0n) is 12.3. The fourth-order valence-electron chi connectivity index (χ4n) is 2.18. The monoisotopic (exact) mass is 362 g/mol. The zero-order chi connectivity index (χ0) is 17.1. The summed E-state index contributed by atoms with van der Waals surface area (Å²) in [7, 11) is 0. The number of halogens is 2. The van der Waals surface area contributed by atoms with E-state index in [2.05, 4.69) is 10.3 Å². The highest BCUT2D eigenvalue weighted by Crippen LogP contribution is 2.29. The molecule has 5 nitrogen and oxygen atoms in total. The number of hydrogen-bond acceptors (Lipinski definition) is 3. The van der Waals surface area contributed by atoms with Crippen LogP contribution in [0.15, 0.2) is 48.5 Å². The van der Waals surface area contributed by atoms with Gasteiger partial charge in [-0.3, -0.25) is 4.79 Å². The van der Waals surface area contributed by atoms with Gasteiger partial charge in [0, 0.05) is 10.9 Å². The highest BCUT2D eigenvalue weighted by molar-refractivity contribution is 6.39. The van der Waals surface area contributed by atoms with Crippen molar-refractivity contribution in [3.8, 4) is 0 Å². The maximum Gasteiger partial charge on any atom is 0.355 e. The van der Waals surface area contributed by atoms with Crippen LogP contribution in [0.2, 0.25) is 10.0 Å². The van der Waals surface area contributed by atoms with Gasteiger partial charge in [-0.1, -0.05) is 47.5 Å². The Morgan fingerprint density at radius 2 is 1.75 bits per heavy atom. The highest BCUT2D eigenvalue weighted by atomic mass is 35.5. The number of carbonyl (C=O) groups excluding carboxylic acids is 2. The number of nitrogens with one attached hydrogen (secondary N) is 2. The van der Waals surface area contributed by atoms with Gasteiger partial charge in [-0.2, -0.15) is 0 Å². The number of aromatic nitrogens is 1. The number of para-hydroxylation sites is 2. The molecule has 0 saturated carbocycles. The third-order valence-corrected chi connectivity index (χ3v) is 3.94. The summed E-state index contributed by atoms with van der Waals surface area (Å²) >= 11 is 11.9. The number of esters is 1. The first-order valence-electron chi connectivity index (χ1n) is 7.03. The summed E-state index contributed by atoms with van der Waals surface area (Å²) < 4.78 is 5.00. The molecule has 0 bridgehead atoms. The van der Waals surface area contributed by atoms with E-state index in [1.165, 1.54) is 0 Å². The standard InChI is InChI=1S/C17H12Cl2N2O3/c18-11-5-3-6-12(19)16(11)21-15(22)9-24-17(23)14-8-10-4-1-2-7-13(10)20-14/h1-8,20H,9H2,(H,21,22). The first kappa shape index (κ1) is 16.4. The van der Waals surface area contributed by atoms with E-state index in [9.17, 15) is 9.59 Å². The van der Waals surface area contributed by atoms with Gasteiger partial charge in [-0.05, 0) is 24.3 Å². The summed E-state index contributed by atoms with van der Waals surface area (Å²) in [4.78, 5) is 26.9. The summed E-state index contributed by atoms with van der Waals surface area (Å²) in [6, 6.07) is 14.0. The molecule has 0 radical (unpaired) electrons. The molecule has 1 aromatic heterocycles. The quantitative estimate of drug-likeness (QED) is 0.680. The maximum absolute atomic E-state index is 12.0. The fourth-order valence-corrected chi connectivity index (χ4v) is 2.68. The SMILES string of the molecule is O=C(COC(=O)c1cc2ccccc2[nH]1)Nc1c(Cl)cccc1Cl. The number of benzene rings is 2. The number of rotatable bonds is 4. The molecular weight excluding hydrogens is 351 g/mol. The lowest BCUT2D eigenvalue weighted by molar-refractivity contribution is -0.119. The van der Waals surface area contributed by atoms with Crippen LogP contribution in [-0.2, 0) is 9.53 Å². The Morgan fingerprint density at radius 3 is 2.46 bits per heavy atom. The van der Waals surface area contributed by atoms with E-state index in [0.717, 1.165) is 10.9 Å². The fraction of sp³-hybridized carbons (Fsp3) is 0.0588. The van der Waals surface area contributed by atoms with Gasteiger partial charge in [0.2, 0.25) is 0 Å². The molecule has 0 atom stereocenters. The molecule has 0 unspecified atom stereocenters. The Kier molecular flexibility index (Phi) is 4.74. The summed E-state index contributed by atoms with van der Waals surface area (Å²) in [5, 5.41) is 4.01. The van der Waals surface area contributed by atoms with Crippen molar-refractivity contribution in [3.63, 3.8) is 0 Å². The van der Waals surface area contributed by atoms with Crippen molar-refractivity contribution < 1.29 is 14.3 Å². The van der Waals surface area contributed by atoms with E-state index >= 15 is 0 Å². The number of H-pyrrole nitrogens is 1. The largest absolute Gasteiger partial charge is 0.451 e. The van der Waals surface area contributed by atoms with Crippen LogP contribution >= 0.6 is 23.2 Å². The van der Waals surface area contributed by atoms with Gasteiger partial charge in [-0.25, -0.2) is 4.79 Å². The number of anilines is 1. The lowest BCUT2D eigenvalue weighted by atomic mass is 10.2. The molecule has 122 valence electrons. The van der Waals surface area contributed by atoms with Crippen molar-refractivity contribution in [2.24, 2.45) is 0 Å². The van der Waals surface area contributed by atoms with Crippen molar-refractivity contribution in [1.29, 1.82) is 0 Å². The van der Waals surface area contributed by atoms with Crippen LogP contribution in [0.1, 0.15) is 10.5 Å². The van der Waals surface area contributed by atoms with E-state index < -0.39 is 18.5 Å². The molecule has 0 aliphatic heterocycles. The van der Waals surface area contributed by atoms with E-state index in [1.807, 2.05) is 24.3 Å². The molecular formula is C17H12Cl2N2O3. The van der Waals surface area contributed by atoms with Gasteiger partial charge in [0.15, 0.2) is 6.61 Å². The third-order valence-electron chi connectivity index (χ3n) is 3.31. The summed E-state index contributed by atoms with van der Waals surface area (Å²) in [5.74, 6) is -1.15. The molecule has 0 fully saturated rings. The lowest BCUT2D eigenvalue weighted by Crippen LogP contribution is -2.21. The predicted octanol–water partition coefficient (Wildman–Crippen LogP) is 4.27. The Labute approximate surface area is 147 Å². The molecule has 0 spiro atoms. The third kappa shape index (κ3) is 3.53. The molecule has 1 heterocycles. The summed E-state index contributed by atoms with van der Waals surface area (Å²) in [6.07, 6.45) is 0. The maximum atomic E-state index is 12.0. The van der Waals surface area contributed by atoms with Crippen LogP contribution < -0.4 is 5.32 Å². The van der Waals surface area contributed by atoms with Gasteiger partial charge in [0.05, 0.1) is 15.7 Å². The molecule has 3 rings (SSSR count). The number of fused-ring (bicyclic) bond motifs is 1. The average molecular weight is 363 g/mol. The molecule has 0 saturated heterocycles. The zero-order valence-corrected chi connectivity index (χ0v) is 13.8. The Balaban J connectivity index is 1.62. The summed E-state index contributed by atoms with van der Waals surface area (Å²) in [6.45, 7) is -0.449. The predicted molar refractivity (Wildman–Crippen MR) is 93.7 cm³/mol. The Morgan fingerprint density at radius 1 is 1.04 bits per heavy atom. The van der Waals surface area contributed by atoms with Crippen molar-refractivity contribution in [2.75, 3.05) is 11.9 Å². The number of ether oxygens (including phenoxy) is 1. The smallest absolute Gasteiger partial charge is 0.355 e. The van der Waals surface area contributed by atoms with Crippen LogP contribution in [0, 0.1) is 0 Å². The topological polar surface area (TPSA) is 71.2 Å². The Hall–Kier alpha value is -2.50. The molecule has 2 aromatic carbocycles. The first-order chi connectivity index (χ1) is 11.5. The molecule has 2 N–H and O–H groups in total. The van der Waals surface area contributed by atoms with Crippen molar-refractivity contribution >= 4 is 51.7 Å². The molecule has 3 aromatic rings. The molecule has 24 heavy (non-hydrogen) atoms. The van der Waals surface area contributed by atoms with Crippen LogP contribution in [0.5, 0.6) is 0 Å². The van der Waals surface area contributed by atoms with Crippen LogP contribution in [-0.4, -0.2) is 23.5 Å². The summed E-state index contributed by atoms with van der Waals surface area (Å²) in [5.41, 5.74) is 1.38. The number of carbonyl (C=O) groups is 2. The average Bonchev–Trinajstić information content (AvgIpc) is 3.00. The van der Waals surface area contributed by atoms with Gasteiger partial charge >= 0.3 is 5.97 Å². The molecule has 7 heteroatoms. The minimum atomic E-state index is -0.619. The van der Waals surface area contributed by atoms with Crippen molar-refractivity contribution in [2.45, 2.75) is 0 Å². The second kappa shape index (κ2) is 6.95. The van der Waals surface area contributed by atoms with E-state index in [4.69, 9.17) is 27.9 Å². The van der Waals surface area contributed by atoms with Crippen LogP contribution in [0.25, 0.3) is 10.9 Å². The first-order valence-corrected chi connectivity index (χ1v) is 7.79. The second-order valence-corrected chi connectivity index (χ2v) is 5.81. The van der Waals surface area contributed by atoms with E-state index in [-0.39, 0.29) is 11.4 Å². The van der Waals surface area contributed by atoms with Gasteiger partial charge in [0.25, 0.3) is 5.91 Å². The normalized spacial score (nSPS) is 10.6. The molecule has 0 aliphatic carbocycles. The van der Waals surface area contributed by atoms with Crippen molar-refractivity contribution in [3.05, 3.63) is 64.3 Å². The number of hydrogen-bond donors (Lipinski definition) is 2. The van der Waals surface area contributed by atoms with Crippen LogP contribution in [0.3, 0.4) is 0 Å². The van der Waals surface area contributed by atoms with Crippen LogP contribution in [0.4, 0.5) is 5.69 Å². The minimum absolute atomic E-state index is 0.278. The van der Waals surface area contributed by atoms with Crippen molar-refractivity contribution in [1.82, 2.24) is 4.98 Å². The number of aromatic amines is 1. The van der Waals surface area contributed by atoms with E-state index in [1.54, 1.807) is 24.3 Å². The minimum Gasteiger partial charge on any atom is -0.451 e. The molecule has 1 amide bonds. The highest BCUT2D eigenvalue weighted by Gasteiger charge is 2.14. The Bertz CT molecular complexity index is 868. The lowest BCUT2D eigenvalue weighted by Gasteiger charge is -2.09. The number of amides is 1. The second-order valence-electron chi connectivity index (χ2n) is 4.99. The van der Waals surface area contributed by atoms with Gasteiger partial charge in [-0.15, -0.1) is 0 Å².